The van der Waals surface area contributed by atoms with Crippen LogP contribution in [-0.2, 0) is 11.2 Å². The second-order valence-corrected chi connectivity index (χ2v) is 5.22. The topological polar surface area (TPSA) is 21.3 Å². The maximum absolute atomic E-state index is 5.82. The van der Waals surface area contributed by atoms with E-state index in [2.05, 4.69) is 43.6 Å². The van der Waals surface area contributed by atoms with E-state index in [0.717, 1.165) is 32.4 Å². The second kappa shape index (κ2) is 8.67. The molecule has 0 aliphatic carbocycles. The molecule has 1 aromatic rings. The highest BCUT2D eigenvalue weighted by Gasteiger charge is 2.19. The average molecular weight is 255 g/mol. The zero-order chi connectivity index (χ0) is 12.5. The number of likely N-dealkylation sites (N-methyl/N-ethyl adjacent to an activating group) is 1. The van der Waals surface area contributed by atoms with Crippen LogP contribution in [0.1, 0.15) is 38.5 Å². The van der Waals surface area contributed by atoms with Gasteiger partial charge in [0.1, 0.15) is 0 Å². The van der Waals surface area contributed by atoms with Crippen LogP contribution in [0.25, 0.3) is 0 Å². The van der Waals surface area contributed by atoms with Crippen molar-refractivity contribution in [2.75, 3.05) is 13.2 Å². The molecule has 2 nitrogen and oxygen atoms in total. The quantitative estimate of drug-likeness (QED) is 0.729. The largest absolute Gasteiger partial charge is 0.377 e. The molecule has 0 fully saturated rings. The highest BCUT2D eigenvalue weighted by molar-refractivity contribution is 7.09. The summed E-state index contributed by atoms with van der Waals surface area (Å²) in [5.74, 6) is 0. The van der Waals surface area contributed by atoms with Gasteiger partial charge in [0.25, 0.3) is 0 Å². The Morgan fingerprint density at radius 2 is 2.18 bits per heavy atom. The summed E-state index contributed by atoms with van der Waals surface area (Å²) in [6.45, 7) is 8.26. The van der Waals surface area contributed by atoms with Gasteiger partial charge < -0.3 is 10.1 Å². The molecule has 0 bridgehead atoms. The molecule has 0 spiro atoms. The molecule has 0 aliphatic rings. The lowest BCUT2D eigenvalue weighted by atomic mass is 10.0. The van der Waals surface area contributed by atoms with Crippen LogP contribution in [0.3, 0.4) is 0 Å². The normalized spacial score (nSPS) is 14.8. The van der Waals surface area contributed by atoms with Gasteiger partial charge in [0.15, 0.2) is 0 Å². The van der Waals surface area contributed by atoms with Gasteiger partial charge in [-0.3, -0.25) is 0 Å². The molecule has 1 rings (SSSR count). The first-order valence-electron chi connectivity index (χ1n) is 6.69. The minimum absolute atomic E-state index is 0.347. The van der Waals surface area contributed by atoms with Gasteiger partial charge in [-0.2, -0.15) is 0 Å². The average Bonchev–Trinajstić information content (AvgIpc) is 2.85. The fourth-order valence-electron chi connectivity index (χ4n) is 2.17. The Balaban J connectivity index is 2.45. The number of ether oxygens (including phenoxy) is 1. The zero-order valence-corrected chi connectivity index (χ0v) is 12.1. The van der Waals surface area contributed by atoms with Crippen LogP contribution < -0.4 is 5.32 Å². The molecule has 0 saturated heterocycles. The van der Waals surface area contributed by atoms with Crippen molar-refractivity contribution in [2.45, 2.75) is 52.2 Å². The third-order valence-corrected chi connectivity index (χ3v) is 3.92. The summed E-state index contributed by atoms with van der Waals surface area (Å²) in [6.07, 6.45) is 3.74. The van der Waals surface area contributed by atoms with Gasteiger partial charge in [0, 0.05) is 17.5 Å². The Morgan fingerprint density at radius 1 is 1.35 bits per heavy atom. The second-order valence-electron chi connectivity index (χ2n) is 4.18. The lowest BCUT2D eigenvalue weighted by molar-refractivity contribution is 0.0302. The van der Waals surface area contributed by atoms with E-state index in [1.54, 1.807) is 0 Å². The zero-order valence-electron chi connectivity index (χ0n) is 11.2. The van der Waals surface area contributed by atoms with E-state index < -0.39 is 0 Å². The molecule has 0 aliphatic heterocycles. The number of thiophene rings is 1. The summed E-state index contributed by atoms with van der Waals surface area (Å²) >= 11 is 1.85. The third kappa shape index (κ3) is 5.19. The molecular weight excluding hydrogens is 230 g/mol. The molecule has 98 valence electrons. The number of rotatable bonds is 9. The SMILES string of the molecule is CCNC(CCc1cccs1)C(CC)OCC. The van der Waals surface area contributed by atoms with E-state index in [4.69, 9.17) is 4.74 Å². The van der Waals surface area contributed by atoms with E-state index >= 15 is 0 Å². The Labute approximate surface area is 109 Å². The molecule has 1 aromatic heterocycles. The summed E-state index contributed by atoms with van der Waals surface area (Å²) in [5.41, 5.74) is 0. The molecule has 3 heteroatoms. The van der Waals surface area contributed by atoms with E-state index in [9.17, 15) is 0 Å². The Morgan fingerprint density at radius 3 is 2.71 bits per heavy atom. The van der Waals surface area contributed by atoms with Crippen molar-refractivity contribution >= 4 is 11.3 Å². The van der Waals surface area contributed by atoms with Crippen LogP contribution in [0.15, 0.2) is 17.5 Å². The molecule has 1 heterocycles. The van der Waals surface area contributed by atoms with Crippen molar-refractivity contribution in [2.24, 2.45) is 0 Å². The van der Waals surface area contributed by atoms with Crippen molar-refractivity contribution in [3.63, 3.8) is 0 Å². The first-order chi connectivity index (χ1) is 8.31. The molecular formula is C14H25NOS. The van der Waals surface area contributed by atoms with Crippen molar-refractivity contribution < 1.29 is 4.74 Å². The highest BCUT2D eigenvalue weighted by atomic mass is 32.1. The van der Waals surface area contributed by atoms with Gasteiger partial charge >= 0.3 is 0 Å². The van der Waals surface area contributed by atoms with Gasteiger partial charge in [-0.15, -0.1) is 11.3 Å². The maximum atomic E-state index is 5.82. The monoisotopic (exact) mass is 255 g/mol. The van der Waals surface area contributed by atoms with Gasteiger partial charge in [-0.1, -0.05) is 19.9 Å². The van der Waals surface area contributed by atoms with Gasteiger partial charge in [0.2, 0.25) is 0 Å². The highest BCUT2D eigenvalue weighted by Crippen LogP contribution is 2.15. The standard InChI is InChI=1S/C14H25NOS/c1-4-14(16-6-3)13(15-5-2)10-9-12-8-7-11-17-12/h7-8,11,13-15H,4-6,9-10H2,1-3H3. The fourth-order valence-corrected chi connectivity index (χ4v) is 2.89. The smallest absolute Gasteiger partial charge is 0.0725 e. The van der Waals surface area contributed by atoms with Crippen LogP contribution in [0.4, 0.5) is 0 Å². The molecule has 0 saturated carbocycles. The Bertz CT molecular complexity index is 274. The molecule has 0 radical (unpaired) electrons. The van der Waals surface area contributed by atoms with Crippen LogP contribution in [-0.4, -0.2) is 25.3 Å². The van der Waals surface area contributed by atoms with Crippen LogP contribution >= 0.6 is 11.3 Å². The predicted molar refractivity (Wildman–Crippen MR) is 75.8 cm³/mol. The molecule has 2 unspecified atom stereocenters. The third-order valence-electron chi connectivity index (χ3n) is 2.98. The maximum Gasteiger partial charge on any atom is 0.0725 e. The Hall–Kier alpha value is -0.380. The summed E-state index contributed by atoms with van der Waals surface area (Å²) in [6, 6.07) is 4.82. The van der Waals surface area contributed by atoms with Crippen molar-refractivity contribution in [1.82, 2.24) is 5.32 Å². The molecule has 0 amide bonds. The van der Waals surface area contributed by atoms with Crippen LogP contribution in [0, 0.1) is 0 Å². The van der Waals surface area contributed by atoms with Gasteiger partial charge in [0.05, 0.1) is 6.10 Å². The van der Waals surface area contributed by atoms with Crippen LogP contribution in [0.5, 0.6) is 0 Å². The minimum Gasteiger partial charge on any atom is -0.377 e. The van der Waals surface area contributed by atoms with Crippen LogP contribution in [0.2, 0.25) is 0 Å². The van der Waals surface area contributed by atoms with Crippen molar-refractivity contribution in [3.8, 4) is 0 Å². The number of nitrogens with one attached hydrogen (secondary N) is 1. The first-order valence-corrected chi connectivity index (χ1v) is 7.57. The van der Waals surface area contributed by atoms with E-state index in [1.165, 1.54) is 4.88 Å². The van der Waals surface area contributed by atoms with E-state index in [1.807, 2.05) is 11.3 Å². The molecule has 2 atom stereocenters. The van der Waals surface area contributed by atoms with Crippen molar-refractivity contribution in [3.05, 3.63) is 22.4 Å². The predicted octanol–water partition coefficient (Wildman–Crippen LogP) is 3.47. The summed E-state index contributed by atoms with van der Waals surface area (Å²) in [7, 11) is 0. The summed E-state index contributed by atoms with van der Waals surface area (Å²) < 4.78 is 5.82. The Kier molecular flexibility index (Phi) is 7.49. The minimum atomic E-state index is 0.347. The van der Waals surface area contributed by atoms with Gasteiger partial charge in [-0.05, 0) is 44.2 Å². The number of hydrogen-bond acceptors (Lipinski definition) is 3. The first kappa shape index (κ1) is 14.7. The summed E-state index contributed by atoms with van der Waals surface area (Å²) in [5, 5.41) is 5.71. The van der Waals surface area contributed by atoms with E-state index in [-0.39, 0.29) is 0 Å². The number of aryl methyl sites for hydroxylation is 1. The van der Waals surface area contributed by atoms with E-state index in [0.29, 0.717) is 12.1 Å². The molecule has 0 aromatic carbocycles. The van der Waals surface area contributed by atoms with Crippen molar-refractivity contribution in [1.29, 1.82) is 0 Å². The molecule has 17 heavy (non-hydrogen) atoms. The molecule has 1 N–H and O–H groups in total. The van der Waals surface area contributed by atoms with Gasteiger partial charge in [-0.25, -0.2) is 0 Å². The lowest BCUT2D eigenvalue weighted by Gasteiger charge is -2.26. The lowest BCUT2D eigenvalue weighted by Crippen LogP contribution is -2.41. The number of hydrogen-bond donors (Lipinski definition) is 1. The fraction of sp³-hybridized carbons (Fsp3) is 0.714. The summed E-state index contributed by atoms with van der Waals surface area (Å²) in [4.78, 5) is 1.47.